The van der Waals surface area contributed by atoms with Gasteiger partial charge < -0.3 is 24.3 Å². The average Bonchev–Trinajstić information content (AvgIpc) is 3.01. The number of aromatic amines is 1. The van der Waals surface area contributed by atoms with Crippen molar-refractivity contribution in [2.45, 2.75) is 33.1 Å². The van der Waals surface area contributed by atoms with E-state index in [9.17, 15) is 9.36 Å². The van der Waals surface area contributed by atoms with Gasteiger partial charge in [-0.3, -0.25) is 18.9 Å². The number of nitrogens with two attached hydrogens (primary N) is 1. The van der Waals surface area contributed by atoms with Gasteiger partial charge in [-0.1, -0.05) is 0 Å². The van der Waals surface area contributed by atoms with Crippen LogP contribution in [0.4, 0.5) is 5.95 Å². The van der Waals surface area contributed by atoms with Crippen molar-refractivity contribution in [2.75, 3.05) is 38.8 Å². The zero-order valence-electron chi connectivity index (χ0n) is 15.7. The molecule has 0 aliphatic heterocycles. The van der Waals surface area contributed by atoms with E-state index in [-0.39, 0.29) is 30.5 Å². The standard InChI is InChI=1S/C15H26N5O6P/c1-4-25-27(22,26-5-2)7-6-11(8-23-3)24-10-20-9-17-12-13(20)18-15(16)19-14(12)21/h9,11H,4-8,10H2,1-3H3,(H3,16,18,19,21). The van der Waals surface area contributed by atoms with E-state index in [1.807, 2.05) is 0 Å². The number of ether oxygens (including phenoxy) is 2. The van der Waals surface area contributed by atoms with Crippen LogP contribution in [0.15, 0.2) is 11.1 Å². The summed E-state index contributed by atoms with van der Waals surface area (Å²) in [5.74, 6) is -0.00272. The molecule has 3 N–H and O–H groups in total. The van der Waals surface area contributed by atoms with E-state index in [1.54, 1.807) is 25.5 Å². The highest BCUT2D eigenvalue weighted by molar-refractivity contribution is 7.53. The van der Waals surface area contributed by atoms with Gasteiger partial charge in [0, 0.05) is 7.11 Å². The number of aromatic nitrogens is 4. The highest BCUT2D eigenvalue weighted by atomic mass is 31.2. The number of nitrogens with one attached hydrogen (secondary N) is 1. The van der Waals surface area contributed by atoms with E-state index in [1.165, 1.54) is 6.33 Å². The Morgan fingerprint density at radius 2 is 2.04 bits per heavy atom. The molecule has 0 spiro atoms. The zero-order chi connectivity index (χ0) is 19.9. The van der Waals surface area contributed by atoms with E-state index in [0.717, 1.165) is 0 Å². The number of hydrogen-bond donors (Lipinski definition) is 2. The van der Waals surface area contributed by atoms with Gasteiger partial charge in [-0.2, -0.15) is 4.98 Å². The second-order valence-corrected chi connectivity index (χ2v) is 7.86. The Labute approximate surface area is 156 Å². The molecule has 12 heteroatoms. The molecule has 1 unspecified atom stereocenters. The maximum atomic E-state index is 12.6. The Kier molecular flexibility index (Phi) is 7.93. The molecular weight excluding hydrogens is 377 g/mol. The monoisotopic (exact) mass is 403 g/mol. The summed E-state index contributed by atoms with van der Waals surface area (Å²) < 4.78 is 35.7. The van der Waals surface area contributed by atoms with Crippen molar-refractivity contribution in [3.63, 3.8) is 0 Å². The van der Waals surface area contributed by atoms with Crippen molar-refractivity contribution in [3.8, 4) is 0 Å². The lowest BCUT2D eigenvalue weighted by Gasteiger charge is -2.21. The van der Waals surface area contributed by atoms with Gasteiger partial charge in [0.2, 0.25) is 5.95 Å². The van der Waals surface area contributed by atoms with Crippen LogP contribution in [-0.4, -0.2) is 58.7 Å². The molecule has 0 fully saturated rings. The third kappa shape index (κ3) is 5.85. The van der Waals surface area contributed by atoms with E-state index >= 15 is 0 Å². The van der Waals surface area contributed by atoms with E-state index in [2.05, 4.69) is 15.0 Å². The second-order valence-electron chi connectivity index (χ2n) is 5.67. The van der Waals surface area contributed by atoms with Crippen molar-refractivity contribution in [1.29, 1.82) is 0 Å². The molecule has 0 aliphatic rings. The molecule has 0 aromatic carbocycles. The molecule has 2 heterocycles. The van der Waals surface area contributed by atoms with Crippen molar-refractivity contribution in [2.24, 2.45) is 0 Å². The molecule has 0 amide bonds. The van der Waals surface area contributed by atoms with Crippen molar-refractivity contribution >= 4 is 24.7 Å². The Hall–Kier alpha value is -1.78. The highest BCUT2D eigenvalue weighted by Crippen LogP contribution is 2.48. The predicted molar refractivity (Wildman–Crippen MR) is 99.7 cm³/mol. The lowest BCUT2D eigenvalue weighted by Crippen LogP contribution is -2.23. The topological polar surface area (TPSA) is 144 Å². The third-order valence-corrected chi connectivity index (χ3v) is 5.78. The van der Waals surface area contributed by atoms with Gasteiger partial charge in [0.25, 0.3) is 5.56 Å². The molecule has 2 aromatic rings. The van der Waals surface area contributed by atoms with E-state index < -0.39 is 13.2 Å². The van der Waals surface area contributed by atoms with Crippen LogP contribution in [0.25, 0.3) is 11.2 Å². The summed E-state index contributed by atoms with van der Waals surface area (Å²) in [5.41, 5.74) is 5.66. The van der Waals surface area contributed by atoms with Gasteiger partial charge in [0.1, 0.15) is 6.73 Å². The Morgan fingerprint density at radius 3 is 2.67 bits per heavy atom. The zero-order valence-corrected chi connectivity index (χ0v) is 16.6. The van der Waals surface area contributed by atoms with Gasteiger partial charge >= 0.3 is 7.60 Å². The molecule has 152 valence electrons. The fourth-order valence-corrected chi connectivity index (χ4v) is 4.24. The fourth-order valence-electron chi connectivity index (χ4n) is 2.51. The Morgan fingerprint density at radius 1 is 1.33 bits per heavy atom. The normalized spacial score (nSPS) is 13.3. The smallest absolute Gasteiger partial charge is 0.330 e. The van der Waals surface area contributed by atoms with Gasteiger partial charge in [-0.15, -0.1) is 0 Å². The van der Waals surface area contributed by atoms with Crippen LogP contribution in [0, 0.1) is 0 Å². The van der Waals surface area contributed by atoms with Crippen molar-refractivity contribution in [3.05, 3.63) is 16.7 Å². The Bertz CT molecular complexity index is 828. The second kappa shape index (κ2) is 9.95. The summed E-state index contributed by atoms with van der Waals surface area (Å²) in [6.45, 7) is 4.50. The van der Waals surface area contributed by atoms with Crippen LogP contribution in [0.2, 0.25) is 0 Å². The highest BCUT2D eigenvalue weighted by Gasteiger charge is 2.25. The molecule has 2 aromatic heterocycles. The maximum Gasteiger partial charge on any atom is 0.330 e. The number of H-pyrrole nitrogens is 1. The summed E-state index contributed by atoms with van der Waals surface area (Å²) in [6.07, 6.45) is 1.70. The average molecular weight is 403 g/mol. The van der Waals surface area contributed by atoms with Crippen molar-refractivity contribution in [1.82, 2.24) is 19.5 Å². The van der Waals surface area contributed by atoms with Gasteiger partial charge in [-0.25, -0.2) is 4.98 Å². The number of nitrogen functional groups attached to an aromatic ring is 1. The van der Waals surface area contributed by atoms with E-state index in [0.29, 0.717) is 31.9 Å². The summed E-state index contributed by atoms with van der Waals surface area (Å²) in [6, 6.07) is 0. The maximum absolute atomic E-state index is 12.6. The first-order chi connectivity index (χ1) is 12.9. The number of methoxy groups -OCH3 is 1. The van der Waals surface area contributed by atoms with Gasteiger partial charge in [0.15, 0.2) is 11.2 Å². The number of anilines is 1. The first kappa shape index (κ1) is 21.5. The molecule has 0 saturated heterocycles. The molecule has 1 atom stereocenters. The van der Waals surface area contributed by atoms with Crippen LogP contribution in [0.1, 0.15) is 20.3 Å². The molecule has 0 bridgehead atoms. The van der Waals surface area contributed by atoms with E-state index in [4.69, 9.17) is 24.3 Å². The molecular formula is C15H26N5O6P. The van der Waals surface area contributed by atoms with Crippen LogP contribution < -0.4 is 11.3 Å². The lowest BCUT2D eigenvalue weighted by molar-refractivity contribution is -0.0348. The van der Waals surface area contributed by atoms with Gasteiger partial charge in [-0.05, 0) is 20.3 Å². The van der Waals surface area contributed by atoms with Crippen LogP contribution in [0.3, 0.4) is 0 Å². The molecule has 2 rings (SSSR count). The lowest BCUT2D eigenvalue weighted by atomic mass is 10.3. The third-order valence-electron chi connectivity index (χ3n) is 3.67. The van der Waals surface area contributed by atoms with Crippen LogP contribution in [-0.2, 0) is 29.8 Å². The first-order valence-corrected chi connectivity index (χ1v) is 10.3. The van der Waals surface area contributed by atoms with Gasteiger partial charge in [0.05, 0.1) is 38.4 Å². The number of imidazole rings is 1. The minimum Gasteiger partial charge on any atom is -0.382 e. The summed E-state index contributed by atoms with van der Waals surface area (Å²) >= 11 is 0. The van der Waals surface area contributed by atoms with Crippen LogP contribution >= 0.6 is 7.60 Å². The minimum absolute atomic E-state index is 0.00272. The molecule has 27 heavy (non-hydrogen) atoms. The fraction of sp³-hybridized carbons (Fsp3) is 0.667. The minimum atomic E-state index is -3.16. The largest absolute Gasteiger partial charge is 0.382 e. The number of rotatable bonds is 12. The van der Waals surface area contributed by atoms with Crippen molar-refractivity contribution < 1.29 is 23.1 Å². The summed E-state index contributed by atoms with van der Waals surface area (Å²) in [5, 5.41) is 0. The first-order valence-electron chi connectivity index (χ1n) is 8.61. The number of hydrogen-bond acceptors (Lipinski definition) is 9. The summed E-state index contributed by atoms with van der Waals surface area (Å²) in [4.78, 5) is 22.3. The summed E-state index contributed by atoms with van der Waals surface area (Å²) in [7, 11) is -1.61. The molecule has 0 saturated carbocycles. The van der Waals surface area contributed by atoms with Crippen LogP contribution in [0.5, 0.6) is 0 Å². The number of nitrogens with zero attached hydrogens (tertiary/aromatic N) is 3. The Balaban J connectivity index is 2.04. The molecule has 0 radical (unpaired) electrons. The predicted octanol–water partition coefficient (Wildman–Crippen LogP) is 1.35. The quantitative estimate of drug-likeness (QED) is 0.502. The molecule has 0 aliphatic carbocycles. The molecule has 11 nitrogen and oxygen atoms in total. The number of fused-ring (bicyclic) bond motifs is 1. The SMILES string of the molecule is CCOP(=O)(CCC(COC)OCn1cnc2c(=O)[nH]c(N)nc21)OCC.